The molecule has 0 saturated heterocycles. The van der Waals surface area contributed by atoms with Gasteiger partial charge in [-0.05, 0) is 0 Å². The van der Waals surface area contributed by atoms with E-state index in [1.807, 2.05) is 0 Å². The first kappa shape index (κ1) is 16.1. The van der Waals surface area contributed by atoms with Crippen LogP contribution in [0.25, 0.3) is 0 Å². The Kier molecular flexibility index (Phi) is 72.2. The van der Waals surface area contributed by atoms with Gasteiger partial charge in [0.25, 0.3) is 0 Å². The second-order valence-electron chi connectivity index (χ2n) is 0. The van der Waals surface area contributed by atoms with Crippen molar-refractivity contribution in [2.24, 2.45) is 0 Å². The van der Waals surface area contributed by atoms with Crippen LogP contribution in [0.2, 0.25) is 0 Å². The molecule has 0 atom stereocenters. The van der Waals surface area contributed by atoms with Gasteiger partial charge in [0, 0.05) is 44.4 Å². The van der Waals surface area contributed by atoms with Gasteiger partial charge < -0.3 is 0 Å². The van der Waals surface area contributed by atoms with Gasteiger partial charge in [-0.1, -0.05) is 0 Å². The van der Waals surface area contributed by atoms with Gasteiger partial charge in [-0.2, -0.15) is 0 Å². The van der Waals surface area contributed by atoms with E-state index in [1.54, 1.807) is 0 Å². The van der Waals surface area contributed by atoms with Crippen LogP contribution in [0.3, 0.4) is 0 Å². The fourth-order valence-corrected chi connectivity index (χ4v) is 0. The molecule has 0 aromatic heterocycles. The van der Waals surface area contributed by atoms with Crippen LogP contribution in [0, 0.1) is 0 Å². The van der Waals surface area contributed by atoms with E-state index < -0.39 is 0 Å². The maximum absolute atomic E-state index is 4.17. The molecule has 0 fully saturated rings. The molecular weight excluding hydrogens is 327 g/mol. The average molecular weight is 327 g/mol. The van der Waals surface area contributed by atoms with E-state index in [0.717, 1.165) is 20.6 Å². The standard InChI is InChI=1S/Cd.Cu.S.Sn. The summed E-state index contributed by atoms with van der Waals surface area (Å²) in [4.78, 5) is 0. The van der Waals surface area contributed by atoms with Gasteiger partial charge in [0.2, 0.25) is 0 Å². The topological polar surface area (TPSA) is 0 Å². The Bertz CT molecular complexity index is 8.00. The zero-order valence-electron chi connectivity index (χ0n) is 1.92. The summed E-state index contributed by atoms with van der Waals surface area (Å²) in [7, 11) is 4.17. The molecular formula is CdCuSSn. The third kappa shape index (κ3) is 8.82. The molecule has 0 nitrogen and oxygen atoms in total. The van der Waals surface area contributed by atoms with Crippen LogP contribution < -0.4 is 0 Å². The summed E-state index contributed by atoms with van der Waals surface area (Å²) in [6.07, 6.45) is 0. The zero-order valence-corrected chi connectivity index (χ0v) is 10.6. The first-order valence-electron chi connectivity index (χ1n) is 0.204. The van der Waals surface area contributed by atoms with Crippen molar-refractivity contribution in [1.29, 1.82) is 0 Å². The van der Waals surface area contributed by atoms with Gasteiger partial charge >= 0.3 is 29.9 Å². The molecule has 0 aliphatic carbocycles. The minimum absolute atomic E-state index is 0. The van der Waals surface area contributed by atoms with Crippen molar-refractivity contribution >= 4 is 29.9 Å². The third-order valence-corrected chi connectivity index (χ3v) is 0. The molecule has 0 amide bonds. The molecule has 0 spiro atoms. The Balaban J connectivity index is -0.00000000500. The fraction of sp³-hybridized carbons (Fsp3) is 0. The number of hydrogen-bond acceptors (Lipinski definition) is 1. The van der Waals surface area contributed by atoms with Gasteiger partial charge in [0.15, 0.2) is 0 Å². The fourth-order valence-electron chi connectivity index (χ4n) is 0. The van der Waals surface area contributed by atoms with Crippen LogP contribution in [0.5, 0.6) is 0 Å². The van der Waals surface area contributed by atoms with Crippen LogP contribution >= 0.6 is 9.29 Å². The van der Waals surface area contributed by atoms with Crippen molar-refractivity contribution < 1.29 is 44.4 Å². The predicted octanol–water partition coefficient (Wildman–Crippen LogP) is 0.262. The summed E-state index contributed by atoms with van der Waals surface area (Å²) in [5.74, 6) is 0. The normalized spacial score (nSPS) is 1.00. The van der Waals surface area contributed by atoms with E-state index in [2.05, 4.69) is 9.29 Å². The van der Waals surface area contributed by atoms with E-state index in [4.69, 9.17) is 0 Å². The molecule has 3 radical (unpaired) electrons. The minimum atomic E-state index is 0. The van der Waals surface area contributed by atoms with Crippen LogP contribution in [-0.2, 0) is 44.4 Å². The van der Waals surface area contributed by atoms with E-state index in [1.165, 1.54) is 0 Å². The second kappa shape index (κ2) is 17.9. The number of hydrogen-bond donors (Lipinski definition) is 0. The molecule has 0 saturated carbocycles. The Morgan fingerprint density at radius 2 is 1.25 bits per heavy atom. The van der Waals surface area contributed by atoms with Crippen molar-refractivity contribution in [3.63, 3.8) is 0 Å². The molecule has 0 unspecified atom stereocenters. The maximum atomic E-state index is 4.17. The van der Waals surface area contributed by atoms with E-state index in [9.17, 15) is 0 Å². The summed E-state index contributed by atoms with van der Waals surface area (Å²) in [6.45, 7) is 0. The Morgan fingerprint density at radius 1 is 1.25 bits per heavy atom. The van der Waals surface area contributed by atoms with Crippen LogP contribution in [-0.4, -0.2) is 20.6 Å². The van der Waals surface area contributed by atoms with Gasteiger partial charge in [-0.15, -0.1) is 0 Å². The van der Waals surface area contributed by atoms with Gasteiger partial charge in [0.05, 0.1) is 0 Å². The monoisotopic (exact) mass is 329 g/mol. The van der Waals surface area contributed by atoms with Gasteiger partial charge in [-0.25, -0.2) is 0 Å². The summed E-state index contributed by atoms with van der Waals surface area (Å²) in [5.41, 5.74) is 0. The van der Waals surface area contributed by atoms with Crippen molar-refractivity contribution in [3.05, 3.63) is 0 Å². The molecule has 4 heteroatoms. The van der Waals surface area contributed by atoms with Crippen molar-refractivity contribution in [2.45, 2.75) is 0 Å². The Morgan fingerprint density at radius 3 is 1.25 bits per heavy atom. The molecule has 4 heavy (non-hydrogen) atoms. The predicted molar refractivity (Wildman–Crippen MR) is 13.3 cm³/mol. The first-order chi connectivity index (χ1) is 1.00. The first-order valence-corrected chi connectivity index (χ1v) is 4.11. The van der Waals surface area contributed by atoms with Crippen LogP contribution in [0.4, 0.5) is 0 Å². The molecule has 0 N–H and O–H groups in total. The summed E-state index contributed by atoms with van der Waals surface area (Å²) in [5, 5.41) is 0. The zero-order chi connectivity index (χ0) is 2.00. The summed E-state index contributed by atoms with van der Waals surface area (Å²) in [6, 6.07) is 0. The molecule has 0 aromatic carbocycles. The van der Waals surface area contributed by atoms with Gasteiger partial charge in [-0.3, -0.25) is 0 Å². The third-order valence-electron chi connectivity index (χ3n) is 0. The molecule has 0 heterocycles. The van der Waals surface area contributed by atoms with E-state index >= 15 is 0 Å². The molecule has 0 aliphatic heterocycles. The van der Waals surface area contributed by atoms with Crippen LogP contribution in [0.15, 0.2) is 0 Å². The second-order valence-corrected chi connectivity index (χ2v) is 0. The van der Waals surface area contributed by atoms with Gasteiger partial charge in [0.1, 0.15) is 0 Å². The molecule has 0 rings (SSSR count). The quantitative estimate of drug-likeness (QED) is 0.576. The summed E-state index contributed by atoms with van der Waals surface area (Å²) < 4.78 is 0. The Hall–Kier alpha value is 2.46. The van der Waals surface area contributed by atoms with Crippen molar-refractivity contribution in [1.82, 2.24) is 0 Å². The SMILES string of the molecule is [Cd].[Cu].[S]=[Sn]. The van der Waals surface area contributed by atoms with Crippen LogP contribution in [0.1, 0.15) is 0 Å². The molecule has 0 aliphatic rings. The Labute approximate surface area is 73.0 Å². The molecule has 0 bridgehead atoms. The average Bonchev–Trinajstić information content (AvgIpc) is 1.00. The number of rotatable bonds is 0. The van der Waals surface area contributed by atoms with Crippen molar-refractivity contribution in [3.8, 4) is 0 Å². The van der Waals surface area contributed by atoms with E-state index in [0.29, 0.717) is 0 Å². The summed E-state index contributed by atoms with van der Waals surface area (Å²) >= 11 is 1.13. The molecule has 23 valence electrons. The van der Waals surface area contributed by atoms with Crippen molar-refractivity contribution in [2.75, 3.05) is 0 Å². The van der Waals surface area contributed by atoms with E-state index in [-0.39, 0.29) is 44.4 Å². The molecule has 0 aromatic rings.